The van der Waals surface area contributed by atoms with Crippen LogP contribution in [0.1, 0.15) is 17.2 Å². The first-order valence-corrected chi connectivity index (χ1v) is 9.90. The van der Waals surface area contributed by atoms with Crippen molar-refractivity contribution < 1.29 is 19.5 Å². The average Bonchev–Trinajstić information content (AvgIpc) is 2.79. The lowest BCUT2D eigenvalue weighted by atomic mass is 9.95. The first-order valence-electron chi connectivity index (χ1n) is 9.90. The number of carbonyl (C=O) groups is 2. The second-order valence-electron chi connectivity index (χ2n) is 7.47. The van der Waals surface area contributed by atoms with E-state index in [2.05, 4.69) is 0 Å². The van der Waals surface area contributed by atoms with Gasteiger partial charge in [-0.2, -0.15) is 0 Å². The van der Waals surface area contributed by atoms with E-state index in [1.807, 2.05) is 64.4 Å². The van der Waals surface area contributed by atoms with Crippen molar-refractivity contribution in [3.63, 3.8) is 0 Å². The molecule has 2 aromatic rings. The Kier molecular flexibility index (Phi) is 5.78. The Labute approximate surface area is 169 Å². The van der Waals surface area contributed by atoms with Crippen LogP contribution in [0, 0.1) is 5.92 Å². The predicted molar refractivity (Wildman–Crippen MR) is 106 cm³/mol. The zero-order valence-electron chi connectivity index (χ0n) is 16.2. The number of nitrogens with one attached hydrogen (secondary N) is 1. The standard InChI is InChI=1S/C22H25N3O4/c26-21(23-28)20(16-6-2-1-3-7-16)24-10-12-25(13-11-24)22(27)18-14-17-8-4-5-9-19(17)29-15-18/h1-9,18,20,28H,10-15H2,(H,23,26). The van der Waals surface area contributed by atoms with Crippen LogP contribution in [0.15, 0.2) is 54.6 Å². The van der Waals surface area contributed by atoms with E-state index in [4.69, 9.17) is 4.74 Å². The Hall–Kier alpha value is -2.90. The molecule has 29 heavy (non-hydrogen) atoms. The topological polar surface area (TPSA) is 82.1 Å². The highest BCUT2D eigenvalue weighted by molar-refractivity contribution is 5.82. The van der Waals surface area contributed by atoms with Gasteiger partial charge in [0.1, 0.15) is 18.4 Å². The monoisotopic (exact) mass is 395 g/mol. The molecule has 0 spiro atoms. The lowest BCUT2D eigenvalue weighted by Crippen LogP contribution is -2.54. The Morgan fingerprint density at radius 3 is 2.41 bits per heavy atom. The molecular formula is C22H25N3O4. The summed E-state index contributed by atoms with van der Waals surface area (Å²) in [4.78, 5) is 29.2. The van der Waals surface area contributed by atoms with E-state index in [0.29, 0.717) is 39.2 Å². The third-order valence-corrected chi connectivity index (χ3v) is 5.69. The second-order valence-corrected chi connectivity index (χ2v) is 7.47. The summed E-state index contributed by atoms with van der Waals surface area (Å²) in [7, 11) is 0. The number of piperazine rings is 1. The fourth-order valence-corrected chi connectivity index (χ4v) is 4.17. The normalized spacial score (nSPS) is 20.3. The number of carbonyl (C=O) groups excluding carboxylic acids is 2. The van der Waals surface area contributed by atoms with Crippen LogP contribution in [0.3, 0.4) is 0 Å². The first kappa shape index (κ1) is 19.4. The summed E-state index contributed by atoms with van der Waals surface area (Å²) in [6.45, 7) is 2.60. The highest BCUT2D eigenvalue weighted by Gasteiger charge is 2.34. The fraction of sp³-hybridized carbons (Fsp3) is 0.364. The third-order valence-electron chi connectivity index (χ3n) is 5.69. The van der Waals surface area contributed by atoms with Crippen molar-refractivity contribution in [1.29, 1.82) is 0 Å². The molecule has 7 nitrogen and oxygen atoms in total. The quantitative estimate of drug-likeness (QED) is 0.607. The lowest BCUT2D eigenvalue weighted by molar-refractivity contribution is -0.141. The second kappa shape index (κ2) is 8.63. The van der Waals surface area contributed by atoms with Crippen molar-refractivity contribution >= 4 is 11.8 Å². The van der Waals surface area contributed by atoms with E-state index < -0.39 is 11.9 Å². The van der Waals surface area contributed by atoms with Crippen LogP contribution in [0.25, 0.3) is 0 Å². The molecule has 0 aromatic heterocycles. The molecule has 1 saturated heterocycles. The molecule has 2 atom stereocenters. The number of rotatable bonds is 4. The molecule has 0 saturated carbocycles. The van der Waals surface area contributed by atoms with E-state index in [9.17, 15) is 14.8 Å². The number of benzene rings is 2. The Morgan fingerprint density at radius 2 is 1.69 bits per heavy atom. The molecule has 2 aromatic carbocycles. The van der Waals surface area contributed by atoms with Crippen molar-refractivity contribution in [2.45, 2.75) is 12.5 Å². The maximum atomic E-state index is 13.0. The van der Waals surface area contributed by atoms with Crippen molar-refractivity contribution in [1.82, 2.24) is 15.3 Å². The number of hydroxylamine groups is 1. The first-order chi connectivity index (χ1) is 14.2. The highest BCUT2D eigenvalue weighted by atomic mass is 16.5. The SMILES string of the molecule is O=C(NO)C(c1ccccc1)N1CCN(C(=O)C2COc3ccccc3C2)CC1. The largest absolute Gasteiger partial charge is 0.492 e. The van der Waals surface area contributed by atoms with Crippen LogP contribution in [0.5, 0.6) is 5.75 Å². The molecule has 0 aliphatic carbocycles. The molecule has 4 rings (SSSR count). The van der Waals surface area contributed by atoms with Gasteiger partial charge in [0.05, 0.1) is 5.92 Å². The Bertz CT molecular complexity index is 865. The Balaban J connectivity index is 1.40. The van der Waals surface area contributed by atoms with E-state index in [1.165, 1.54) is 0 Å². The summed E-state index contributed by atoms with van der Waals surface area (Å²) in [6, 6.07) is 16.6. The average molecular weight is 395 g/mol. The van der Waals surface area contributed by atoms with Gasteiger partial charge in [-0.05, 0) is 23.6 Å². The van der Waals surface area contributed by atoms with Crippen LogP contribution in [0.4, 0.5) is 0 Å². The van der Waals surface area contributed by atoms with Crippen LogP contribution in [0.2, 0.25) is 0 Å². The zero-order valence-corrected chi connectivity index (χ0v) is 16.2. The minimum absolute atomic E-state index is 0.0991. The van der Waals surface area contributed by atoms with Crippen LogP contribution in [-0.2, 0) is 16.0 Å². The number of nitrogens with zero attached hydrogens (tertiary/aromatic N) is 2. The summed E-state index contributed by atoms with van der Waals surface area (Å²) >= 11 is 0. The molecule has 0 radical (unpaired) electrons. The minimum Gasteiger partial charge on any atom is -0.492 e. The zero-order chi connectivity index (χ0) is 20.2. The van der Waals surface area contributed by atoms with Gasteiger partial charge < -0.3 is 9.64 Å². The maximum Gasteiger partial charge on any atom is 0.265 e. The molecule has 1 fully saturated rings. The Morgan fingerprint density at radius 1 is 1.00 bits per heavy atom. The van der Waals surface area contributed by atoms with Gasteiger partial charge in [0.25, 0.3) is 5.91 Å². The summed E-state index contributed by atoms with van der Waals surface area (Å²) in [5.41, 5.74) is 3.66. The summed E-state index contributed by atoms with van der Waals surface area (Å²) in [6.07, 6.45) is 0.689. The van der Waals surface area contributed by atoms with Gasteiger partial charge in [-0.1, -0.05) is 48.5 Å². The summed E-state index contributed by atoms with van der Waals surface area (Å²) in [5, 5.41) is 9.18. The minimum atomic E-state index is -0.580. The molecule has 152 valence electrons. The van der Waals surface area contributed by atoms with Gasteiger partial charge in [0.2, 0.25) is 5.91 Å². The number of ether oxygens (including phenoxy) is 1. The number of hydrogen-bond donors (Lipinski definition) is 2. The molecule has 2 unspecified atom stereocenters. The van der Waals surface area contributed by atoms with Crippen molar-refractivity contribution in [2.24, 2.45) is 5.92 Å². The summed E-state index contributed by atoms with van der Waals surface area (Å²) < 4.78 is 5.77. The molecule has 7 heteroatoms. The van der Waals surface area contributed by atoms with Crippen LogP contribution in [-0.4, -0.2) is 59.6 Å². The fourth-order valence-electron chi connectivity index (χ4n) is 4.17. The van der Waals surface area contributed by atoms with Gasteiger partial charge in [-0.25, -0.2) is 5.48 Å². The summed E-state index contributed by atoms with van der Waals surface area (Å²) in [5.74, 6) is 0.319. The van der Waals surface area contributed by atoms with Gasteiger partial charge >= 0.3 is 0 Å². The van der Waals surface area contributed by atoms with E-state index >= 15 is 0 Å². The molecule has 2 heterocycles. The van der Waals surface area contributed by atoms with Crippen molar-refractivity contribution in [3.05, 3.63) is 65.7 Å². The highest BCUT2D eigenvalue weighted by Crippen LogP contribution is 2.28. The molecule has 2 N–H and O–H groups in total. The molecule has 2 amide bonds. The van der Waals surface area contributed by atoms with Crippen molar-refractivity contribution in [2.75, 3.05) is 32.8 Å². The smallest absolute Gasteiger partial charge is 0.265 e. The van der Waals surface area contributed by atoms with E-state index in [-0.39, 0.29) is 11.8 Å². The predicted octanol–water partition coefficient (Wildman–Crippen LogP) is 1.63. The van der Waals surface area contributed by atoms with E-state index in [1.54, 1.807) is 5.48 Å². The third kappa shape index (κ3) is 4.11. The molecule has 2 aliphatic heterocycles. The number of hydrogen-bond acceptors (Lipinski definition) is 5. The molecular weight excluding hydrogens is 370 g/mol. The van der Waals surface area contributed by atoms with Crippen LogP contribution < -0.4 is 10.2 Å². The number of para-hydroxylation sites is 1. The molecule has 0 bridgehead atoms. The van der Waals surface area contributed by atoms with Gasteiger partial charge in [0, 0.05) is 26.2 Å². The van der Waals surface area contributed by atoms with Gasteiger partial charge in [0.15, 0.2) is 0 Å². The number of amides is 2. The van der Waals surface area contributed by atoms with Crippen molar-refractivity contribution in [3.8, 4) is 5.75 Å². The van der Waals surface area contributed by atoms with Gasteiger partial charge in [-0.3, -0.25) is 19.7 Å². The number of fused-ring (bicyclic) bond motifs is 1. The molecule has 2 aliphatic rings. The maximum absolute atomic E-state index is 13.0. The van der Waals surface area contributed by atoms with Crippen LogP contribution >= 0.6 is 0 Å². The van der Waals surface area contributed by atoms with Gasteiger partial charge in [-0.15, -0.1) is 0 Å². The van der Waals surface area contributed by atoms with E-state index in [0.717, 1.165) is 16.9 Å². The lowest BCUT2D eigenvalue weighted by Gasteiger charge is -2.40.